The predicted octanol–water partition coefficient (Wildman–Crippen LogP) is 4.51. The Bertz CT molecular complexity index is 700. The Kier molecular flexibility index (Phi) is 2.63. The fourth-order valence-electron chi connectivity index (χ4n) is 4.90. The minimum Gasteiger partial charge on any atom is -0.395 e. The Labute approximate surface area is 130 Å². The summed E-state index contributed by atoms with van der Waals surface area (Å²) < 4.78 is 1.16. The Balaban J connectivity index is 1.73. The van der Waals surface area contributed by atoms with Crippen LogP contribution >= 0.6 is 11.3 Å². The average Bonchev–Trinajstić information content (AvgIpc) is 3.08. The third kappa shape index (κ3) is 1.75. The van der Waals surface area contributed by atoms with Gasteiger partial charge in [-0.1, -0.05) is 20.8 Å². The number of thiazole rings is 1. The summed E-state index contributed by atoms with van der Waals surface area (Å²) in [6.45, 7) is 7.27. The van der Waals surface area contributed by atoms with Gasteiger partial charge >= 0.3 is 0 Å². The largest absolute Gasteiger partial charge is 0.395 e. The maximum atomic E-state index is 6.35. The first-order valence-corrected chi connectivity index (χ1v) is 8.68. The normalized spacial score (nSPS) is 33.7. The van der Waals surface area contributed by atoms with Gasteiger partial charge in [0.15, 0.2) is 0 Å². The van der Waals surface area contributed by atoms with Crippen molar-refractivity contribution in [2.75, 3.05) is 11.1 Å². The first-order valence-electron chi connectivity index (χ1n) is 7.80. The topological polar surface area (TPSA) is 50.9 Å². The zero-order valence-corrected chi connectivity index (χ0v) is 13.8. The van der Waals surface area contributed by atoms with Crippen LogP contribution in [0.2, 0.25) is 0 Å². The van der Waals surface area contributed by atoms with Crippen LogP contribution in [0.4, 0.5) is 11.4 Å². The third-order valence-electron chi connectivity index (χ3n) is 6.11. The molecule has 2 aliphatic rings. The molecule has 21 heavy (non-hydrogen) atoms. The molecular formula is C17H23N3S. The van der Waals surface area contributed by atoms with Crippen LogP contribution in [-0.4, -0.2) is 11.0 Å². The van der Waals surface area contributed by atoms with E-state index in [0.29, 0.717) is 16.9 Å². The van der Waals surface area contributed by atoms with Crippen molar-refractivity contribution >= 4 is 32.9 Å². The lowest BCUT2D eigenvalue weighted by molar-refractivity contribution is 0.155. The van der Waals surface area contributed by atoms with Crippen molar-refractivity contribution in [3.8, 4) is 0 Å². The maximum Gasteiger partial charge on any atom is 0.106 e. The van der Waals surface area contributed by atoms with Crippen LogP contribution < -0.4 is 11.1 Å². The van der Waals surface area contributed by atoms with Gasteiger partial charge in [0.25, 0.3) is 0 Å². The molecule has 0 amide bonds. The zero-order valence-electron chi connectivity index (χ0n) is 12.9. The molecule has 1 aromatic carbocycles. The van der Waals surface area contributed by atoms with Crippen LogP contribution in [0, 0.1) is 16.7 Å². The fourth-order valence-corrected chi connectivity index (χ4v) is 5.59. The number of benzene rings is 1. The summed E-state index contributed by atoms with van der Waals surface area (Å²) in [5, 5.41) is 3.79. The standard InChI is InChI=1S/C17H23N3S/c1-16(2)10-6-7-17(3,8-10)15(16)20-11-4-5-12-14(13(11)18)19-9-21-12/h4-5,9-10,15,20H,6-8,18H2,1-3H3. The van der Waals surface area contributed by atoms with Gasteiger partial charge in [-0.25, -0.2) is 4.98 Å². The van der Waals surface area contributed by atoms with E-state index in [4.69, 9.17) is 5.73 Å². The first-order chi connectivity index (χ1) is 9.92. The Hall–Kier alpha value is -1.29. The van der Waals surface area contributed by atoms with Gasteiger partial charge in [-0.3, -0.25) is 0 Å². The molecule has 0 spiro atoms. The van der Waals surface area contributed by atoms with Gasteiger partial charge in [-0.05, 0) is 48.1 Å². The monoisotopic (exact) mass is 301 g/mol. The highest BCUT2D eigenvalue weighted by atomic mass is 32.1. The summed E-state index contributed by atoms with van der Waals surface area (Å²) in [6.07, 6.45) is 4.05. The molecule has 3 unspecified atom stereocenters. The zero-order chi connectivity index (χ0) is 14.8. The Morgan fingerprint density at radius 3 is 2.86 bits per heavy atom. The van der Waals surface area contributed by atoms with Crippen molar-refractivity contribution in [1.29, 1.82) is 0 Å². The Morgan fingerprint density at radius 1 is 1.33 bits per heavy atom. The highest BCUT2D eigenvalue weighted by Gasteiger charge is 2.59. The number of anilines is 2. The van der Waals surface area contributed by atoms with Crippen LogP contribution in [0.15, 0.2) is 17.6 Å². The number of nitrogens with two attached hydrogens (primary N) is 1. The third-order valence-corrected chi connectivity index (χ3v) is 6.91. The van der Waals surface area contributed by atoms with E-state index in [1.54, 1.807) is 11.3 Å². The van der Waals surface area contributed by atoms with E-state index in [0.717, 1.165) is 27.5 Å². The van der Waals surface area contributed by atoms with Gasteiger partial charge in [-0.2, -0.15) is 0 Å². The molecule has 0 saturated heterocycles. The lowest BCUT2D eigenvalue weighted by Gasteiger charge is -2.43. The van der Waals surface area contributed by atoms with E-state index in [-0.39, 0.29) is 0 Å². The predicted molar refractivity (Wildman–Crippen MR) is 90.7 cm³/mol. The smallest absolute Gasteiger partial charge is 0.106 e. The van der Waals surface area contributed by atoms with Gasteiger partial charge in [0.05, 0.1) is 21.6 Å². The molecule has 4 rings (SSSR count). The molecule has 2 fully saturated rings. The SMILES string of the molecule is CC12CCC(C1)C(C)(C)C2Nc1ccc2scnc2c1N. The number of fused-ring (bicyclic) bond motifs is 3. The summed E-state index contributed by atoms with van der Waals surface area (Å²) in [5.41, 5.74) is 11.8. The minimum atomic E-state index is 0.330. The lowest BCUT2D eigenvalue weighted by atomic mass is 9.68. The minimum absolute atomic E-state index is 0.330. The van der Waals surface area contributed by atoms with E-state index < -0.39 is 0 Å². The van der Waals surface area contributed by atoms with Crippen molar-refractivity contribution in [3.63, 3.8) is 0 Å². The van der Waals surface area contributed by atoms with Gasteiger partial charge in [0.2, 0.25) is 0 Å². The van der Waals surface area contributed by atoms with Gasteiger partial charge in [0, 0.05) is 6.04 Å². The fraction of sp³-hybridized carbons (Fsp3) is 0.588. The number of hydrogen-bond acceptors (Lipinski definition) is 4. The molecule has 2 aromatic rings. The van der Waals surface area contributed by atoms with E-state index >= 15 is 0 Å². The summed E-state index contributed by atoms with van der Waals surface area (Å²) in [7, 11) is 0. The molecule has 4 heteroatoms. The highest BCUT2D eigenvalue weighted by molar-refractivity contribution is 7.16. The van der Waals surface area contributed by atoms with E-state index in [1.807, 2.05) is 5.51 Å². The van der Waals surface area contributed by atoms with Crippen LogP contribution in [0.5, 0.6) is 0 Å². The molecule has 2 aliphatic carbocycles. The van der Waals surface area contributed by atoms with Gasteiger partial charge in [-0.15, -0.1) is 11.3 Å². The van der Waals surface area contributed by atoms with Crippen molar-refractivity contribution in [3.05, 3.63) is 17.6 Å². The van der Waals surface area contributed by atoms with Crippen LogP contribution in [0.3, 0.4) is 0 Å². The highest BCUT2D eigenvalue weighted by Crippen LogP contribution is 2.63. The molecule has 3 atom stereocenters. The van der Waals surface area contributed by atoms with Crippen molar-refractivity contribution in [2.45, 2.75) is 46.1 Å². The van der Waals surface area contributed by atoms with E-state index in [1.165, 1.54) is 19.3 Å². The summed E-state index contributed by atoms with van der Waals surface area (Å²) >= 11 is 1.65. The number of aromatic nitrogens is 1. The first kappa shape index (κ1) is 13.4. The molecular weight excluding hydrogens is 278 g/mol. The second kappa shape index (κ2) is 4.13. The van der Waals surface area contributed by atoms with Gasteiger partial charge in [0.1, 0.15) is 5.52 Å². The number of nitrogens with one attached hydrogen (secondary N) is 1. The number of nitrogen functional groups attached to an aromatic ring is 1. The molecule has 112 valence electrons. The second-order valence-corrected chi connectivity index (χ2v) is 8.60. The number of rotatable bonds is 2. The van der Waals surface area contributed by atoms with Crippen LogP contribution in [0.25, 0.3) is 10.2 Å². The van der Waals surface area contributed by atoms with E-state index in [9.17, 15) is 0 Å². The second-order valence-electron chi connectivity index (χ2n) is 7.72. The lowest BCUT2D eigenvalue weighted by Crippen LogP contribution is -2.45. The maximum absolute atomic E-state index is 6.35. The number of nitrogens with zero attached hydrogens (tertiary/aromatic N) is 1. The van der Waals surface area contributed by atoms with Gasteiger partial charge < -0.3 is 11.1 Å². The van der Waals surface area contributed by atoms with E-state index in [2.05, 4.69) is 43.2 Å². The van der Waals surface area contributed by atoms with Crippen LogP contribution in [-0.2, 0) is 0 Å². The molecule has 2 saturated carbocycles. The van der Waals surface area contributed by atoms with Crippen molar-refractivity contribution < 1.29 is 0 Å². The molecule has 0 radical (unpaired) electrons. The van der Waals surface area contributed by atoms with Crippen molar-refractivity contribution in [1.82, 2.24) is 4.98 Å². The molecule has 1 aromatic heterocycles. The molecule has 1 heterocycles. The molecule has 3 nitrogen and oxygen atoms in total. The number of hydrogen-bond donors (Lipinski definition) is 2. The summed E-state index contributed by atoms with van der Waals surface area (Å²) in [4.78, 5) is 4.41. The summed E-state index contributed by atoms with van der Waals surface area (Å²) in [6, 6.07) is 4.75. The van der Waals surface area contributed by atoms with Crippen LogP contribution in [0.1, 0.15) is 40.0 Å². The van der Waals surface area contributed by atoms with Crippen molar-refractivity contribution in [2.24, 2.45) is 16.7 Å². The Morgan fingerprint density at radius 2 is 2.14 bits per heavy atom. The molecule has 3 N–H and O–H groups in total. The average molecular weight is 301 g/mol. The molecule has 0 aliphatic heterocycles. The quantitative estimate of drug-likeness (QED) is 0.803. The molecule has 2 bridgehead atoms. The summed E-state index contributed by atoms with van der Waals surface area (Å²) in [5.74, 6) is 0.837.